The topological polar surface area (TPSA) is 158 Å². The SMILES string of the molecule is CC(=O)OCOC(C)=O.COC(=O)C=CC(=O)OC.COC(=O)CC(=O)OC. The van der Waals surface area contributed by atoms with E-state index in [0.29, 0.717) is 0 Å². The fraction of sp³-hybridized carbons (Fsp3) is 0.500. The predicted molar refractivity (Wildman–Crippen MR) is 90.2 cm³/mol. The first-order valence-electron chi connectivity index (χ1n) is 7.28. The molecule has 0 aromatic carbocycles. The van der Waals surface area contributed by atoms with Crippen LogP contribution in [0.15, 0.2) is 12.2 Å². The standard InChI is InChI=1S/C6H8O4.2C5H8O4/c1-9-5(7)3-4-6(8)10-2;1-8-4(6)3-5(7)9-2;1-4(6)8-3-9-5(2)7/h3-4H,1-2H3;2*3H2,1-2H3. The van der Waals surface area contributed by atoms with Gasteiger partial charge in [-0.3, -0.25) is 19.2 Å². The van der Waals surface area contributed by atoms with Crippen molar-refractivity contribution in [1.82, 2.24) is 0 Å². The van der Waals surface area contributed by atoms with Crippen molar-refractivity contribution in [3.8, 4) is 0 Å². The van der Waals surface area contributed by atoms with E-state index in [1.807, 2.05) is 0 Å². The zero-order valence-electron chi connectivity index (χ0n) is 16.5. The van der Waals surface area contributed by atoms with Crippen molar-refractivity contribution < 1.29 is 57.2 Å². The molecular formula is C16H24O12. The van der Waals surface area contributed by atoms with Crippen LogP contribution in [0.5, 0.6) is 0 Å². The van der Waals surface area contributed by atoms with E-state index >= 15 is 0 Å². The number of hydrogen-bond acceptors (Lipinski definition) is 12. The normalized spacial score (nSPS) is 8.64. The van der Waals surface area contributed by atoms with Crippen molar-refractivity contribution >= 4 is 35.8 Å². The molecule has 28 heavy (non-hydrogen) atoms. The van der Waals surface area contributed by atoms with Gasteiger partial charge in [0.2, 0.25) is 6.79 Å². The minimum Gasteiger partial charge on any atom is -0.469 e. The van der Waals surface area contributed by atoms with E-state index in [2.05, 4.69) is 28.4 Å². The number of methoxy groups -OCH3 is 4. The lowest BCUT2D eigenvalue weighted by Crippen LogP contribution is -2.09. The number of rotatable bonds is 6. The van der Waals surface area contributed by atoms with Gasteiger partial charge in [0.1, 0.15) is 6.42 Å². The lowest BCUT2D eigenvalue weighted by atomic mass is 10.4. The average Bonchev–Trinajstić information content (AvgIpc) is 2.65. The average molecular weight is 408 g/mol. The van der Waals surface area contributed by atoms with E-state index in [9.17, 15) is 28.8 Å². The van der Waals surface area contributed by atoms with Crippen LogP contribution < -0.4 is 0 Å². The quantitative estimate of drug-likeness (QED) is 0.186. The highest BCUT2D eigenvalue weighted by molar-refractivity contribution is 5.91. The molecule has 0 rings (SSSR count). The van der Waals surface area contributed by atoms with Crippen molar-refractivity contribution in [2.75, 3.05) is 35.2 Å². The number of ether oxygens (including phenoxy) is 6. The number of carbonyl (C=O) groups is 6. The van der Waals surface area contributed by atoms with Crippen molar-refractivity contribution in [3.63, 3.8) is 0 Å². The summed E-state index contributed by atoms with van der Waals surface area (Å²) in [6, 6.07) is 0. The molecule has 0 atom stereocenters. The van der Waals surface area contributed by atoms with Gasteiger partial charge in [0, 0.05) is 26.0 Å². The molecule has 0 N–H and O–H groups in total. The summed E-state index contributed by atoms with van der Waals surface area (Å²) in [7, 11) is 4.88. The number of carbonyl (C=O) groups excluding carboxylic acids is 6. The first-order chi connectivity index (χ1) is 13.0. The lowest BCUT2D eigenvalue weighted by molar-refractivity contribution is -0.164. The van der Waals surface area contributed by atoms with E-state index in [0.717, 1.165) is 12.2 Å². The Kier molecular flexibility index (Phi) is 20.8. The summed E-state index contributed by atoms with van der Waals surface area (Å²) >= 11 is 0. The maximum Gasteiger partial charge on any atom is 0.330 e. The third kappa shape index (κ3) is 27.4. The van der Waals surface area contributed by atoms with Gasteiger partial charge in [0.15, 0.2) is 0 Å². The Morgan fingerprint density at radius 2 is 0.929 bits per heavy atom. The zero-order valence-corrected chi connectivity index (χ0v) is 16.5. The maximum atomic E-state index is 10.3. The van der Waals surface area contributed by atoms with Crippen LogP contribution in [0, 0.1) is 0 Å². The van der Waals surface area contributed by atoms with Crippen LogP contribution >= 0.6 is 0 Å². The van der Waals surface area contributed by atoms with Crippen LogP contribution in [-0.2, 0) is 57.2 Å². The monoisotopic (exact) mass is 408 g/mol. The largest absolute Gasteiger partial charge is 0.469 e. The third-order valence-electron chi connectivity index (χ3n) is 2.03. The second-order valence-corrected chi connectivity index (χ2v) is 4.10. The van der Waals surface area contributed by atoms with E-state index in [-0.39, 0.29) is 13.2 Å². The molecule has 0 aliphatic rings. The van der Waals surface area contributed by atoms with Crippen LogP contribution in [0.4, 0.5) is 0 Å². The number of esters is 6. The maximum absolute atomic E-state index is 10.3. The fourth-order valence-electron chi connectivity index (χ4n) is 0.730. The van der Waals surface area contributed by atoms with E-state index in [4.69, 9.17) is 0 Å². The Labute approximate surface area is 161 Å². The zero-order chi connectivity index (χ0) is 22.5. The van der Waals surface area contributed by atoms with Gasteiger partial charge in [-0.15, -0.1) is 0 Å². The van der Waals surface area contributed by atoms with E-state index in [1.54, 1.807) is 0 Å². The van der Waals surface area contributed by atoms with Crippen LogP contribution in [0.3, 0.4) is 0 Å². The molecule has 0 spiro atoms. The van der Waals surface area contributed by atoms with E-state index < -0.39 is 35.8 Å². The molecule has 12 nitrogen and oxygen atoms in total. The van der Waals surface area contributed by atoms with Gasteiger partial charge in [-0.2, -0.15) is 0 Å². The van der Waals surface area contributed by atoms with Crippen molar-refractivity contribution in [1.29, 1.82) is 0 Å². The van der Waals surface area contributed by atoms with Gasteiger partial charge in [0.25, 0.3) is 0 Å². The van der Waals surface area contributed by atoms with Crippen LogP contribution in [-0.4, -0.2) is 71.0 Å². The Balaban J connectivity index is -0.000000336. The van der Waals surface area contributed by atoms with Gasteiger partial charge in [-0.25, -0.2) is 9.59 Å². The molecule has 0 aromatic heterocycles. The summed E-state index contributed by atoms with van der Waals surface area (Å²) < 4.78 is 25.3. The smallest absolute Gasteiger partial charge is 0.330 e. The molecular weight excluding hydrogens is 384 g/mol. The number of hydrogen-bond donors (Lipinski definition) is 0. The molecule has 0 saturated carbocycles. The molecule has 0 unspecified atom stereocenters. The lowest BCUT2D eigenvalue weighted by Gasteiger charge is -1.99. The molecule has 0 aliphatic heterocycles. The highest BCUT2D eigenvalue weighted by atomic mass is 16.7. The Morgan fingerprint density at radius 1 is 0.607 bits per heavy atom. The fourth-order valence-corrected chi connectivity index (χ4v) is 0.730. The summed E-state index contributed by atoms with van der Waals surface area (Å²) in [4.78, 5) is 61.2. The molecule has 0 bridgehead atoms. The molecule has 0 heterocycles. The Hall–Kier alpha value is -3.44. The first-order valence-corrected chi connectivity index (χ1v) is 7.28. The molecule has 12 heteroatoms. The van der Waals surface area contributed by atoms with Gasteiger partial charge in [-0.1, -0.05) is 0 Å². The predicted octanol–water partition coefficient (Wildman–Crippen LogP) is -0.319. The first kappa shape index (κ1) is 29.3. The second-order valence-electron chi connectivity index (χ2n) is 4.10. The second kappa shape index (κ2) is 19.9. The van der Waals surface area contributed by atoms with Crippen LogP contribution in [0.1, 0.15) is 20.3 Å². The van der Waals surface area contributed by atoms with Gasteiger partial charge in [-0.05, 0) is 0 Å². The molecule has 160 valence electrons. The highest BCUT2D eigenvalue weighted by Gasteiger charge is 2.07. The van der Waals surface area contributed by atoms with Gasteiger partial charge < -0.3 is 28.4 Å². The minimum atomic E-state index is -0.582. The van der Waals surface area contributed by atoms with Crippen molar-refractivity contribution in [3.05, 3.63) is 12.2 Å². The van der Waals surface area contributed by atoms with E-state index in [1.165, 1.54) is 42.3 Å². The summed E-state index contributed by atoms with van der Waals surface area (Å²) in [5.74, 6) is -3.24. The summed E-state index contributed by atoms with van der Waals surface area (Å²) in [6.07, 6.45) is 1.67. The molecule has 0 aliphatic carbocycles. The van der Waals surface area contributed by atoms with Gasteiger partial charge >= 0.3 is 35.8 Å². The van der Waals surface area contributed by atoms with Crippen LogP contribution in [0.25, 0.3) is 0 Å². The Bertz CT molecular complexity index is 504. The molecule has 0 amide bonds. The van der Waals surface area contributed by atoms with Crippen molar-refractivity contribution in [2.45, 2.75) is 20.3 Å². The molecule has 0 aromatic rings. The van der Waals surface area contributed by atoms with Gasteiger partial charge in [0.05, 0.1) is 28.4 Å². The summed E-state index contributed by atoms with van der Waals surface area (Å²) in [5, 5.41) is 0. The summed E-state index contributed by atoms with van der Waals surface area (Å²) in [6.45, 7) is 2.19. The molecule has 0 saturated heterocycles. The third-order valence-corrected chi connectivity index (χ3v) is 2.03. The molecule has 0 fully saturated rings. The Morgan fingerprint density at radius 3 is 1.14 bits per heavy atom. The van der Waals surface area contributed by atoms with Crippen molar-refractivity contribution in [2.24, 2.45) is 0 Å². The highest BCUT2D eigenvalue weighted by Crippen LogP contribution is 1.85. The summed E-state index contributed by atoms with van der Waals surface area (Å²) in [5.41, 5.74) is 0. The van der Waals surface area contributed by atoms with Crippen LogP contribution in [0.2, 0.25) is 0 Å². The minimum absolute atomic E-state index is 0.287. The molecule has 0 radical (unpaired) electrons.